The van der Waals surface area contributed by atoms with Gasteiger partial charge < -0.3 is 34.4 Å². The molecule has 3 N–H and O–H groups in total. The summed E-state index contributed by atoms with van der Waals surface area (Å²) in [5.74, 6) is -1.42. The van der Waals surface area contributed by atoms with Gasteiger partial charge in [-0.1, -0.05) is 41.0 Å². The number of aromatic nitrogens is 1. The normalized spacial score (nSPS) is 13.6. The zero-order chi connectivity index (χ0) is 32.5. The third kappa shape index (κ3) is 9.04. The van der Waals surface area contributed by atoms with Crippen LogP contribution >= 0.6 is 11.6 Å². The number of ether oxygens (including phenoxy) is 1. The Bertz CT molecular complexity index is 1530. The number of benzene rings is 2. The number of carboxylic acid groups (broad SMARTS) is 1. The minimum Gasteiger partial charge on any atom is -0.465 e. The van der Waals surface area contributed by atoms with E-state index in [2.05, 4.69) is 15.8 Å². The number of hydrogen-bond donors (Lipinski definition) is 3. The van der Waals surface area contributed by atoms with E-state index in [1.807, 2.05) is 0 Å². The smallest absolute Gasteiger partial charge is 0.414 e. The molecule has 5 amide bonds. The molecule has 0 aliphatic carbocycles. The molecule has 1 saturated heterocycles. The van der Waals surface area contributed by atoms with Gasteiger partial charge in [0.2, 0.25) is 11.8 Å². The van der Waals surface area contributed by atoms with Crippen LogP contribution in [-0.2, 0) is 16.1 Å². The van der Waals surface area contributed by atoms with Crippen molar-refractivity contribution >= 4 is 41.6 Å². The average Bonchev–Trinajstić information content (AvgIpc) is 3.49. The molecule has 1 aromatic heterocycles. The van der Waals surface area contributed by atoms with E-state index in [0.717, 1.165) is 0 Å². The van der Waals surface area contributed by atoms with Crippen LogP contribution in [0.4, 0.5) is 29.0 Å². The van der Waals surface area contributed by atoms with Gasteiger partial charge in [0.1, 0.15) is 23.9 Å². The van der Waals surface area contributed by atoms with Crippen molar-refractivity contribution in [3.63, 3.8) is 0 Å². The number of carbonyl (C=O) groups is 4. The summed E-state index contributed by atoms with van der Waals surface area (Å²) < 4.78 is 37.8. The number of urea groups is 1. The number of carbonyl (C=O) groups excluding carboxylic acids is 3. The molecule has 45 heavy (non-hydrogen) atoms. The van der Waals surface area contributed by atoms with Gasteiger partial charge in [0, 0.05) is 57.8 Å². The molecule has 13 nitrogen and oxygen atoms in total. The number of piperazine rings is 1. The first kappa shape index (κ1) is 33.0. The van der Waals surface area contributed by atoms with Crippen molar-refractivity contribution in [1.82, 2.24) is 25.2 Å². The number of likely N-dealkylation sites (N-methyl/N-ethyl adjacent to an activating group) is 1. The molecule has 1 fully saturated rings. The number of nitrogens with zero attached hydrogens (tertiary/aromatic N) is 4. The number of anilines is 1. The van der Waals surface area contributed by atoms with Crippen LogP contribution < -0.4 is 10.6 Å². The fourth-order valence-electron chi connectivity index (χ4n) is 4.56. The summed E-state index contributed by atoms with van der Waals surface area (Å²) in [4.78, 5) is 53.7. The Balaban J connectivity index is 1.36. The topological polar surface area (TPSA) is 158 Å². The zero-order valence-corrected chi connectivity index (χ0v) is 24.9. The van der Waals surface area contributed by atoms with Crippen molar-refractivity contribution in [2.45, 2.75) is 25.4 Å². The maximum absolute atomic E-state index is 13.8. The lowest BCUT2D eigenvalue weighted by Crippen LogP contribution is -2.50. The number of amides is 5. The molecule has 2 aromatic carbocycles. The summed E-state index contributed by atoms with van der Waals surface area (Å²) in [7, 11) is 1.45. The highest BCUT2D eigenvalue weighted by molar-refractivity contribution is 6.31. The first-order valence-corrected chi connectivity index (χ1v) is 14.2. The maximum Gasteiger partial charge on any atom is 0.414 e. The molecular formula is C29H31ClF2N6O7. The van der Waals surface area contributed by atoms with Crippen LogP contribution in [0.15, 0.2) is 53.1 Å². The second-order valence-electron chi connectivity index (χ2n) is 10.1. The quantitative estimate of drug-likeness (QED) is 0.287. The molecule has 0 spiro atoms. The molecule has 1 aliphatic heterocycles. The summed E-state index contributed by atoms with van der Waals surface area (Å²) in [5, 5.41) is 17.8. The lowest BCUT2D eigenvalue weighted by Gasteiger charge is -2.34. The van der Waals surface area contributed by atoms with E-state index in [1.54, 1.807) is 12.1 Å². The summed E-state index contributed by atoms with van der Waals surface area (Å²) in [6.07, 6.45) is -1.91. The molecule has 0 bridgehead atoms. The van der Waals surface area contributed by atoms with Crippen LogP contribution in [0.5, 0.6) is 0 Å². The van der Waals surface area contributed by atoms with Gasteiger partial charge in [0.15, 0.2) is 0 Å². The van der Waals surface area contributed by atoms with Crippen molar-refractivity contribution in [3.8, 4) is 11.3 Å². The molecule has 1 aliphatic rings. The maximum atomic E-state index is 13.8. The minimum atomic E-state index is -1.06. The van der Waals surface area contributed by atoms with E-state index in [-0.39, 0.29) is 74.7 Å². The second-order valence-corrected chi connectivity index (χ2v) is 10.5. The lowest BCUT2D eigenvalue weighted by molar-refractivity contribution is -0.133. The standard InChI is InChI=1S/C29H31ClF2N6O7/c1-36(27(40)33-16-19-5-3-7-22(32)26(19)30)21(8-9-25(39)37-10-12-38(13-11-37)29(42)43)17-44-28(41)34-24-15-23(35-45-24)18-4-2-6-20(31)14-18/h2-7,14-15,21H,8-13,16-17H2,1H3,(H,33,40)(H,34,41)(H,42,43)/t21-/m0/s1. The van der Waals surface area contributed by atoms with E-state index in [0.29, 0.717) is 11.1 Å². The Kier molecular flexibility index (Phi) is 11.1. The van der Waals surface area contributed by atoms with E-state index in [1.165, 1.54) is 58.1 Å². The monoisotopic (exact) mass is 648 g/mol. The summed E-state index contributed by atoms with van der Waals surface area (Å²) in [6, 6.07) is 9.86. The molecule has 240 valence electrons. The predicted octanol–water partition coefficient (Wildman–Crippen LogP) is 4.63. The molecule has 0 saturated carbocycles. The van der Waals surface area contributed by atoms with Crippen LogP contribution in [0.1, 0.15) is 18.4 Å². The van der Waals surface area contributed by atoms with Gasteiger partial charge in [-0.05, 0) is 30.2 Å². The Morgan fingerprint density at radius 2 is 1.80 bits per heavy atom. The number of halogens is 3. The molecule has 4 rings (SSSR count). The second kappa shape index (κ2) is 15.2. The molecular weight excluding hydrogens is 618 g/mol. The van der Waals surface area contributed by atoms with Crippen molar-refractivity contribution < 1.29 is 42.3 Å². The molecule has 3 aromatic rings. The Labute approximate surface area is 261 Å². The van der Waals surface area contributed by atoms with E-state index in [9.17, 15) is 28.0 Å². The highest BCUT2D eigenvalue weighted by Crippen LogP contribution is 2.23. The van der Waals surface area contributed by atoms with Gasteiger partial charge in [-0.2, -0.15) is 0 Å². The Hall–Kier alpha value is -4.92. The number of nitrogens with one attached hydrogen (secondary N) is 2. The molecule has 2 heterocycles. The van der Waals surface area contributed by atoms with Gasteiger partial charge in [0.05, 0.1) is 11.1 Å². The van der Waals surface area contributed by atoms with Crippen LogP contribution in [-0.4, -0.2) is 95.0 Å². The summed E-state index contributed by atoms with van der Waals surface area (Å²) in [6.45, 7) is 0.423. The van der Waals surface area contributed by atoms with Gasteiger partial charge in [-0.15, -0.1) is 0 Å². The first-order chi connectivity index (χ1) is 21.5. The molecule has 0 radical (unpaired) electrons. The van der Waals surface area contributed by atoms with Crippen molar-refractivity contribution in [1.29, 1.82) is 0 Å². The van der Waals surface area contributed by atoms with Gasteiger partial charge in [-0.25, -0.2) is 23.2 Å². The van der Waals surface area contributed by atoms with Crippen LogP contribution in [0, 0.1) is 11.6 Å². The van der Waals surface area contributed by atoms with E-state index in [4.69, 9.17) is 26.0 Å². The largest absolute Gasteiger partial charge is 0.465 e. The van der Waals surface area contributed by atoms with Crippen molar-refractivity contribution in [2.24, 2.45) is 0 Å². The van der Waals surface area contributed by atoms with Gasteiger partial charge in [0.25, 0.3) is 0 Å². The Morgan fingerprint density at radius 3 is 2.51 bits per heavy atom. The summed E-state index contributed by atoms with van der Waals surface area (Å²) >= 11 is 5.99. The minimum absolute atomic E-state index is 0.0187. The first-order valence-electron chi connectivity index (χ1n) is 13.9. The van der Waals surface area contributed by atoms with Gasteiger partial charge in [-0.3, -0.25) is 10.1 Å². The molecule has 1 atom stereocenters. The van der Waals surface area contributed by atoms with E-state index >= 15 is 0 Å². The van der Waals surface area contributed by atoms with Gasteiger partial charge >= 0.3 is 18.2 Å². The highest BCUT2D eigenvalue weighted by atomic mass is 35.5. The van der Waals surface area contributed by atoms with Crippen LogP contribution in [0.3, 0.4) is 0 Å². The third-order valence-corrected chi connectivity index (χ3v) is 7.61. The summed E-state index contributed by atoms with van der Waals surface area (Å²) in [5.41, 5.74) is 1.06. The number of hydrogen-bond acceptors (Lipinski definition) is 7. The molecule has 0 unspecified atom stereocenters. The van der Waals surface area contributed by atoms with Crippen LogP contribution in [0.25, 0.3) is 11.3 Å². The number of rotatable bonds is 10. The third-order valence-electron chi connectivity index (χ3n) is 7.19. The van der Waals surface area contributed by atoms with E-state index < -0.39 is 35.9 Å². The average molecular weight is 649 g/mol. The van der Waals surface area contributed by atoms with Crippen molar-refractivity contribution in [2.75, 3.05) is 45.2 Å². The fourth-order valence-corrected chi connectivity index (χ4v) is 4.75. The fraction of sp³-hybridized carbons (Fsp3) is 0.345. The predicted molar refractivity (Wildman–Crippen MR) is 157 cm³/mol. The van der Waals surface area contributed by atoms with Crippen molar-refractivity contribution in [3.05, 3.63) is 70.8 Å². The SMILES string of the molecule is CN(C(=O)NCc1cccc(F)c1Cl)[C@@H](CCC(=O)N1CCN(C(=O)O)CC1)COC(=O)Nc1cc(-c2cccc(F)c2)no1. The van der Waals surface area contributed by atoms with Crippen LogP contribution in [0.2, 0.25) is 5.02 Å². The zero-order valence-electron chi connectivity index (χ0n) is 24.2. The lowest BCUT2D eigenvalue weighted by atomic mass is 10.1. The molecule has 16 heteroatoms. The highest BCUT2D eigenvalue weighted by Gasteiger charge is 2.27. The Morgan fingerprint density at radius 1 is 1.09 bits per heavy atom.